The summed E-state index contributed by atoms with van der Waals surface area (Å²) < 4.78 is 0. The van der Waals surface area contributed by atoms with Gasteiger partial charge in [-0.1, -0.05) is 24.3 Å². The van der Waals surface area contributed by atoms with Gasteiger partial charge in [-0.15, -0.1) is 0 Å². The summed E-state index contributed by atoms with van der Waals surface area (Å²) in [6, 6.07) is 8.10. The molecule has 1 heterocycles. The largest absolute Gasteiger partial charge is 0.393 e. The van der Waals surface area contributed by atoms with Crippen molar-refractivity contribution >= 4 is 5.91 Å². The van der Waals surface area contributed by atoms with Gasteiger partial charge in [-0.3, -0.25) is 4.79 Å². The van der Waals surface area contributed by atoms with Gasteiger partial charge in [0.25, 0.3) is 0 Å². The minimum absolute atomic E-state index is 0.107. The molecule has 4 nitrogen and oxygen atoms in total. The molecule has 0 aromatic heterocycles. The molecule has 0 aliphatic carbocycles. The smallest absolute Gasteiger partial charge is 0.231 e. The van der Waals surface area contributed by atoms with Gasteiger partial charge < -0.3 is 15.3 Å². The predicted molar refractivity (Wildman–Crippen MR) is 74.8 cm³/mol. The van der Waals surface area contributed by atoms with Crippen LogP contribution in [0.2, 0.25) is 0 Å². The van der Waals surface area contributed by atoms with Crippen LogP contribution in [-0.4, -0.2) is 42.2 Å². The molecule has 0 fully saturated rings. The molecule has 0 bridgehead atoms. The second-order valence-corrected chi connectivity index (χ2v) is 5.28. The molecule has 4 heteroatoms. The maximum absolute atomic E-state index is 12.5. The highest BCUT2D eigenvalue weighted by molar-refractivity contribution is 5.84. The first-order valence-corrected chi connectivity index (χ1v) is 6.81. The summed E-state index contributed by atoms with van der Waals surface area (Å²) in [5, 5.41) is 12.6. The summed E-state index contributed by atoms with van der Waals surface area (Å²) in [5.41, 5.74) is 2.34. The normalized spacial score (nSPS) is 19.6. The molecule has 1 aromatic rings. The van der Waals surface area contributed by atoms with Gasteiger partial charge in [0.1, 0.15) is 0 Å². The molecule has 0 radical (unpaired) electrons. The molecule has 0 spiro atoms. The Labute approximate surface area is 114 Å². The lowest BCUT2D eigenvalue weighted by molar-refractivity contribution is -0.131. The quantitative estimate of drug-likeness (QED) is 0.854. The second-order valence-electron chi connectivity index (χ2n) is 5.28. The molecule has 2 N–H and O–H groups in total. The Balaban J connectivity index is 2.08. The number of likely N-dealkylation sites (N-methyl/N-ethyl adjacent to an activating group) is 1. The zero-order chi connectivity index (χ0) is 13.8. The zero-order valence-corrected chi connectivity index (χ0v) is 11.6. The number of hydrogen-bond donors (Lipinski definition) is 2. The van der Waals surface area contributed by atoms with Crippen molar-refractivity contribution in [1.82, 2.24) is 10.2 Å². The van der Waals surface area contributed by atoms with Gasteiger partial charge in [0.15, 0.2) is 0 Å². The highest BCUT2D eigenvalue weighted by Gasteiger charge is 2.28. The molecular formula is C15H22N2O2. The highest BCUT2D eigenvalue weighted by Crippen LogP contribution is 2.25. The Morgan fingerprint density at radius 2 is 2.26 bits per heavy atom. The van der Waals surface area contributed by atoms with Gasteiger partial charge in [-0.25, -0.2) is 0 Å². The van der Waals surface area contributed by atoms with E-state index in [1.165, 1.54) is 5.56 Å². The van der Waals surface area contributed by atoms with Crippen molar-refractivity contribution in [3.8, 4) is 0 Å². The number of aliphatic hydroxyl groups excluding tert-OH is 1. The Kier molecular flexibility index (Phi) is 4.56. The number of rotatable bonds is 4. The monoisotopic (exact) mass is 262 g/mol. The second kappa shape index (κ2) is 6.17. The molecule has 0 saturated carbocycles. The van der Waals surface area contributed by atoms with Crippen molar-refractivity contribution in [2.75, 3.05) is 20.1 Å². The molecular weight excluding hydrogens is 240 g/mol. The number of carbonyl (C=O) groups excluding carboxylic acids is 1. The van der Waals surface area contributed by atoms with Crippen LogP contribution in [0.4, 0.5) is 0 Å². The van der Waals surface area contributed by atoms with E-state index in [0.717, 1.165) is 12.1 Å². The SMILES string of the molecule is CC(O)CCN(C)C(=O)C1CNCc2ccccc21. The van der Waals surface area contributed by atoms with Crippen molar-refractivity contribution in [3.05, 3.63) is 35.4 Å². The van der Waals surface area contributed by atoms with E-state index in [4.69, 9.17) is 0 Å². The van der Waals surface area contributed by atoms with E-state index in [-0.39, 0.29) is 17.9 Å². The van der Waals surface area contributed by atoms with Gasteiger partial charge >= 0.3 is 0 Å². The Morgan fingerprint density at radius 1 is 1.53 bits per heavy atom. The number of nitrogens with zero attached hydrogens (tertiary/aromatic N) is 1. The van der Waals surface area contributed by atoms with Gasteiger partial charge in [-0.05, 0) is 24.5 Å². The molecule has 1 aliphatic heterocycles. The van der Waals surface area contributed by atoms with Gasteiger partial charge in [0.05, 0.1) is 12.0 Å². The standard InChI is InChI=1S/C15H22N2O2/c1-11(18)7-8-17(2)15(19)14-10-16-9-12-5-3-4-6-13(12)14/h3-6,11,14,16,18H,7-10H2,1-2H3. The van der Waals surface area contributed by atoms with Crippen molar-refractivity contribution in [1.29, 1.82) is 0 Å². The molecule has 2 atom stereocenters. The summed E-state index contributed by atoms with van der Waals surface area (Å²) in [5.74, 6) is 0.0178. The molecule has 19 heavy (non-hydrogen) atoms. The van der Waals surface area contributed by atoms with Crippen LogP contribution in [0.15, 0.2) is 24.3 Å². The first-order valence-electron chi connectivity index (χ1n) is 6.81. The fourth-order valence-corrected chi connectivity index (χ4v) is 2.47. The number of fused-ring (bicyclic) bond motifs is 1. The van der Waals surface area contributed by atoms with Crippen LogP contribution < -0.4 is 5.32 Å². The minimum Gasteiger partial charge on any atom is -0.393 e. The summed E-state index contributed by atoms with van der Waals surface area (Å²) >= 11 is 0. The van der Waals surface area contributed by atoms with Crippen LogP contribution in [-0.2, 0) is 11.3 Å². The maximum Gasteiger partial charge on any atom is 0.231 e. The van der Waals surface area contributed by atoms with Crippen molar-refractivity contribution in [2.24, 2.45) is 0 Å². The molecule has 0 saturated heterocycles. The maximum atomic E-state index is 12.5. The van der Waals surface area contributed by atoms with Gasteiger partial charge in [-0.2, -0.15) is 0 Å². The zero-order valence-electron chi connectivity index (χ0n) is 11.6. The van der Waals surface area contributed by atoms with Crippen LogP contribution in [0.3, 0.4) is 0 Å². The lowest BCUT2D eigenvalue weighted by atomic mass is 9.90. The topological polar surface area (TPSA) is 52.6 Å². The summed E-state index contributed by atoms with van der Waals surface area (Å²) in [6.07, 6.45) is 0.247. The first-order chi connectivity index (χ1) is 9.09. The third-order valence-corrected chi connectivity index (χ3v) is 3.65. The number of aliphatic hydroxyl groups is 1. The molecule has 1 aromatic carbocycles. The Bertz CT molecular complexity index is 446. The minimum atomic E-state index is -0.369. The van der Waals surface area contributed by atoms with Crippen LogP contribution in [0.5, 0.6) is 0 Å². The molecule has 104 valence electrons. The Hall–Kier alpha value is -1.39. The average molecular weight is 262 g/mol. The Morgan fingerprint density at radius 3 is 3.00 bits per heavy atom. The van der Waals surface area contributed by atoms with Crippen molar-refractivity contribution in [2.45, 2.75) is 31.9 Å². The summed E-state index contributed by atoms with van der Waals surface area (Å²) in [4.78, 5) is 14.2. The van der Waals surface area contributed by atoms with Gasteiger partial charge in [0, 0.05) is 26.7 Å². The number of carbonyl (C=O) groups is 1. The van der Waals surface area contributed by atoms with Crippen LogP contribution in [0.25, 0.3) is 0 Å². The molecule has 2 unspecified atom stereocenters. The fraction of sp³-hybridized carbons (Fsp3) is 0.533. The fourth-order valence-electron chi connectivity index (χ4n) is 2.47. The third-order valence-electron chi connectivity index (χ3n) is 3.65. The van der Waals surface area contributed by atoms with E-state index < -0.39 is 0 Å². The van der Waals surface area contributed by atoms with Gasteiger partial charge in [0.2, 0.25) is 5.91 Å². The number of hydrogen-bond acceptors (Lipinski definition) is 3. The van der Waals surface area contributed by atoms with Crippen molar-refractivity contribution < 1.29 is 9.90 Å². The number of amides is 1. The van der Waals surface area contributed by atoms with Crippen LogP contribution >= 0.6 is 0 Å². The average Bonchev–Trinajstić information content (AvgIpc) is 2.43. The first kappa shape index (κ1) is 14.0. The van der Waals surface area contributed by atoms with E-state index in [0.29, 0.717) is 19.5 Å². The van der Waals surface area contributed by atoms with Crippen LogP contribution in [0, 0.1) is 0 Å². The third kappa shape index (κ3) is 3.33. The van der Waals surface area contributed by atoms with E-state index in [1.54, 1.807) is 11.8 Å². The molecule has 2 rings (SSSR count). The van der Waals surface area contributed by atoms with Crippen LogP contribution in [0.1, 0.15) is 30.4 Å². The summed E-state index contributed by atoms with van der Waals surface area (Å²) in [7, 11) is 1.81. The van der Waals surface area contributed by atoms with E-state index in [1.807, 2.05) is 25.2 Å². The number of benzene rings is 1. The molecule has 1 amide bonds. The highest BCUT2D eigenvalue weighted by atomic mass is 16.3. The summed E-state index contributed by atoms with van der Waals surface area (Å²) in [6.45, 7) is 3.86. The lowest BCUT2D eigenvalue weighted by Gasteiger charge is -2.29. The van der Waals surface area contributed by atoms with Crippen molar-refractivity contribution in [3.63, 3.8) is 0 Å². The number of nitrogens with one attached hydrogen (secondary N) is 1. The van der Waals surface area contributed by atoms with E-state index in [9.17, 15) is 9.90 Å². The van der Waals surface area contributed by atoms with E-state index in [2.05, 4.69) is 11.4 Å². The van der Waals surface area contributed by atoms with E-state index >= 15 is 0 Å². The predicted octanol–water partition coefficient (Wildman–Crippen LogP) is 1.10. The lowest BCUT2D eigenvalue weighted by Crippen LogP contribution is -2.40. The molecule has 1 aliphatic rings.